The summed E-state index contributed by atoms with van der Waals surface area (Å²) in [6.07, 6.45) is 9.82. The zero-order chi connectivity index (χ0) is 33.7. The van der Waals surface area contributed by atoms with Gasteiger partial charge in [-0.2, -0.15) is 0 Å². The third-order valence-electron chi connectivity index (χ3n) is 7.68. The van der Waals surface area contributed by atoms with Crippen molar-refractivity contribution in [1.29, 1.82) is 0 Å². The molecule has 2 atom stereocenters. The lowest BCUT2D eigenvalue weighted by Crippen LogP contribution is -2.35. The normalized spacial score (nSPS) is 12.1. The van der Waals surface area contributed by atoms with Crippen molar-refractivity contribution in [3.8, 4) is 0 Å². The Kier molecular flexibility index (Phi) is 17.8. The highest BCUT2D eigenvalue weighted by Crippen LogP contribution is 2.23. The maximum Gasteiger partial charge on any atom is 0.338 e. The minimum atomic E-state index is -1.11. The van der Waals surface area contributed by atoms with Gasteiger partial charge in [-0.15, -0.1) is 0 Å². The predicted molar refractivity (Wildman–Crippen MR) is 172 cm³/mol. The number of carbonyl (C=O) groups excluding carboxylic acids is 3. The average Bonchev–Trinajstić information content (AvgIpc) is 3.04. The van der Waals surface area contributed by atoms with E-state index in [0.29, 0.717) is 32.3 Å². The molecule has 0 amide bonds. The molecule has 10 nitrogen and oxygen atoms in total. The molecule has 0 saturated heterocycles. The molecule has 0 heterocycles. The standard InChI is InChI=1S/C36H48O10/c1-3-5-6-7-9-12-15-30(45-35(42)28-22-18-26(19-23-28)33(38)39)31(16-13-10-8-11-14-17-32(37)44-4-2)46-36(43)29-24-20-27(21-25-29)34(40)41/h18-25,30-31H,3-17H2,1-2H3,(H,38,39)(H,40,41). The van der Waals surface area contributed by atoms with Crippen LogP contribution in [0.15, 0.2) is 48.5 Å². The summed E-state index contributed by atoms with van der Waals surface area (Å²) in [6.45, 7) is 4.28. The number of unbranched alkanes of at least 4 members (excludes halogenated alkanes) is 9. The van der Waals surface area contributed by atoms with E-state index in [-0.39, 0.29) is 28.2 Å². The quantitative estimate of drug-likeness (QED) is 0.0696. The van der Waals surface area contributed by atoms with Crippen LogP contribution in [0.2, 0.25) is 0 Å². The van der Waals surface area contributed by atoms with Crippen molar-refractivity contribution in [3.63, 3.8) is 0 Å². The lowest BCUT2D eigenvalue weighted by Gasteiger charge is -2.27. The molecule has 0 aliphatic heterocycles. The molecule has 0 saturated carbocycles. The molecule has 2 N–H and O–H groups in total. The van der Waals surface area contributed by atoms with Crippen LogP contribution in [0.25, 0.3) is 0 Å². The van der Waals surface area contributed by atoms with Crippen LogP contribution in [0, 0.1) is 0 Å². The van der Waals surface area contributed by atoms with Gasteiger partial charge in [0.15, 0.2) is 0 Å². The molecular formula is C36H48O10. The molecule has 0 spiro atoms. The van der Waals surface area contributed by atoms with Gasteiger partial charge in [0.05, 0.1) is 28.9 Å². The van der Waals surface area contributed by atoms with Gasteiger partial charge in [-0.3, -0.25) is 4.79 Å². The molecule has 2 rings (SSSR count). The van der Waals surface area contributed by atoms with Crippen LogP contribution in [0.3, 0.4) is 0 Å². The Morgan fingerprint density at radius 1 is 0.543 bits per heavy atom. The summed E-state index contributed by atoms with van der Waals surface area (Å²) in [5, 5.41) is 18.4. The highest BCUT2D eigenvalue weighted by atomic mass is 16.6. The van der Waals surface area contributed by atoms with Crippen molar-refractivity contribution >= 4 is 29.8 Å². The van der Waals surface area contributed by atoms with Crippen LogP contribution in [0.5, 0.6) is 0 Å². The van der Waals surface area contributed by atoms with Gasteiger partial charge in [0, 0.05) is 6.42 Å². The minimum absolute atomic E-state index is 0.0415. The van der Waals surface area contributed by atoms with E-state index in [9.17, 15) is 34.2 Å². The van der Waals surface area contributed by atoms with Gasteiger partial charge in [0.25, 0.3) is 0 Å². The molecule has 0 aliphatic rings. The number of hydrogen-bond acceptors (Lipinski definition) is 8. The van der Waals surface area contributed by atoms with Crippen LogP contribution in [0.4, 0.5) is 0 Å². The molecule has 2 unspecified atom stereocenters. The second-order valence-corrected chi connectivity index (χ2v) is 11.3. The summed E-state index contributed by atoms with van der Waals surface area (Å²) >= 11 is 0. The Morgan fingerprint density at radius 2 is 0.913 bits per heavy atom. The van der Waals surface area contributed by atoms with Crippen LogP contribution >= 0.6 is 0 Å². The number of carbonyl (C=O) groups is 5. The van der Waals surface area contributed by atoms with Crippen LogP contribution < -0.4 is 0 Å². The van der Waals surface area contributed by atoms with E-state index in [0.717, 1.165) is 64.2 Å². The molecule has 0 aliphatic carbocycles. The van der Waals surface area contributed by atoms with E-state index in [1.807, 2.05) is 0 Å². The van der Waals surface area contributed by atoms with Crippen LogP contribution in [0.1, 0.15) is 145 Å². The monoisotopic (exact) mass is 640 g/mol. The first-order valence-electron chi connectivity index (χ1n) is 16.4. The summed E-state index contributed by atoms with van der Waals surface area (Å²) in [5.41, 5.74) is 0.458. The second-order valence-electron chi connectivity index (χ2n) is 11.3. The summed E-state index contributed by atoms with van der Waals surface area (Å²) in [4.78, 5) is 60.6. The van der Waals surface area contributed by atoms with E-state index < -0.39 is 36.1 Å². The number of hydrogen-bond donors (Lipinski definition) is 2. The zero-order valence-electron chi connectivity index (χ0n) is 27.0. The molecule has 0 bridgehead atoms. The Labute approximate surface area is 271 Å². The molecule has 2 aromatic rings. The molecule has 0 aromatic heterocycles. The van der Waals surface area contributed by atoms with Gasteiger partial charge in [-0.25, -0.2) is 19.2 Å². The van der Waals surface area contributed by atoms with Crippen molar-refractivity contribution in [2.24, 2.45) is 0 Å². The number of rotatable bonds is 23. The number of ether oxygens (including phenoxy) is 3. The Bertz CT molecular complexity index is 1240. The number of benzene rings is 2. The Morgan fingerprint density at radius 3 is 1.30 bits per heavy atom. The topological polar surface area (TPSA) is 154 Å². The van der Waals surface area contributed by atoms with Gasteiger partial charge >= 0.3 is 29.8 Å². The van der Waals surface area contributed by atoms with E-state index in [1.165, 1.54) is 48.5 Å². The Balaban J connectivity index is 2.18. The van der Waals surface area contributed by atoms with E-state index >= 15 is 0 Å². The zero-order valence-corrected chi connectivity index (χ0v) is 27.0. The summed E-state index contributed by atoms with van der Waals surface area (Å²) < 4.78 is 16.9. The summed E-state index contributed by atoms with van der Waals surface area (Å²) in [7, 11) is 0. The van der Waals surface area contributed by atoms with Gasteiger partial charge < -0.3 is 24.4 Å². The van der Waals surface area contributed by atoms with Gasteiger partial charge in [-0.1, -0.05) is 58.3 Å². The van der Waals surface area contributed by atoms with E-state index in [2.05, 4.69) is 6.92 Å². The maximum atomic E-state index is 13.2. The van der Waals surface area contributed by atoms with E-state index in [1.54, 1.807) is 6.92 Å². The molecule has 46 heavy (non-hydrogen) atoms. The van der Waals surface area contributed by atoms with Crippen molar-refractivity contribution < 1.29 is 48.4 Å². The highest BCUT2D eigenvalue weighted by molar-refractivity contribution is 5.93. The lowest BCUT2D eigenvalue weighted by atomic mass is 9.98. The molecule has 252 valence electrons. The first-order chi connectivity index (χ1) is 22.2. The van der Waals surface area contributed by atoms with Crippen molar-refractivity contribution in [1.82, 2.24) is 0 Å². The van der Waals surface area contributed by atoms with Crippen molar-refractivity contribution in [3.05, 3.63) is 70.8 Å². The number of esters is 3. The SMILES string of the molecule is CCCCCCCCC(OC(=O)c1ccc(C(=O)O)cc1)C(CCCCCCCC(=O)OCC)OC(=O)c1ccc(C(=O)O)cc1. The van der Waals surface area contributed by atoms with Crippen LogP contribution in [-0.2, 0) is 19.0 Å². The smallest absolute Gasteiger partial charge is 0.338 e. The number of carboxylic acid groups (broad SMARTS) is 2. The molecule has 10 heteroatoms. The third kappa shape index (κ3) is 14.3. The largest absolute Gasteiger partial charge is 0.478 e. The number of carboxylic acids is 2. The molecular weight excluding hydrogens is 592 g/mol. The van der Waals surface area contributed by atoms with Crippen molar-refractivity contribution in [2.75, 3.05) is 6.61 Å². The summed E-state index contributed by atoms with van der Waals surface area (Å²) in [5.74, 6) is -3.71. The Hall–Kier alpha value is -4.21. The molecule has 2 aromatic carbocycles. The number of aromatic carboxylic acids is 2. The summed E-state index contributed by atoms with van der Waals surface area (Å²) in [6, 6.07) is 10.9. The minimum Gasteiger partial charge on any atom is -0.478 e. The highest BCUT2D eigenvalue weighted by Gasteiger charge is 2.29. The third-order valence-corrected chi connectivity index (χ3v) is 7.68. The van der Waals surface area contributed by atoms with E-state index in [4.69, 9.17) is 14.2 Å². The first kappa shape index (κ1) is 38.0. The fraction of sp³-hybridized carbons (Fsp3) is 0.528. The first-order valence-corrected chi connectivity index (χ1v) is 16.4. The van der Waals surface area contributed by atoms with Crippen molar-refractivity contribution in [2.45, 2.75) is 116 Å². The second kappa shape index (κ2) is 21.5. The average molecular weight is 641 g/mol. The fourth-order valence-corrected chi connectivity index (χ4v) is 5.05. The van der Waals surface area contributed by atoms with Gasteiger partial charge in [0.1, 0.15) is 12.2 Å². The molecule has 0 radical (unpaired) electrons. The van der Waals surface area contributed by atoms with Gasteiger partial charge in [-0.05, 0) is 87.6 Å². The van der Waals surface area contributed by atoms with Gasteiger partial charge in [0.2, 0.25) is 0 Å². The van der Waals surface area contributed by atoms with Crippen LogP contribution in [-0.4, -0.2) is 58.9 Å². The maximum absolute atomic E-state index is 13.2. The lowest BCUT2D eigenvalue weighted by molar-refractivity contribution is -0.143. The fourth-order valence-electron chi connectivity index (χ4n) is 5.05. The predicted octanol–water partition coefficient (Wildman–Crippen LogP) is 7.88. The molecule has 0 fully saturated rings.